The van der Waals surface area contributed by atoms with Crippen LogP contribution < -0.4 is 5.32 Å². The summed E-state index contributed by atoms with van der Waals surface area (Å²) in [6.07, 6.45) is 7.58. The molecule has 0 aliphatic heterocycles. The molecule has 0 aliphatic rings. The lowest BCUT2D eigenvalue weighted by Crippen LogP contribution is -2.19. The van der Waals surface area contributed by atoms with Crippen LogP contribution in [0.4, 0.5) is 0 Å². The monoisotopic (exact) mass is 283 g/mol. The largest absolute Gasteiger partial charge is 0.316 e. The van der Waals surface area contributed by atoms with E-state index in [0.717, 1.165) is 42.8 Å². The van der Waals surface area contributed by atoms with Gasteiger partial charge in [0.25, 0.3) is 0 Å². The van der Waals surface area contributed by atoms with Gasteiger partial charge in [0.15, 0.2) is 0 Å². The van der Waals surface area contributed by atoms with Crippen LogP contribution in [-0.4, -0.2) is 22.6 Å². The lowest BCUT2D eigenvalue weighted by molar-refractivity contribution is 0.643. The van der Waals surface area contributed by atoms with Gasteiger partial charge in [-0.15, -0.1) is 6.42 Å². The zero-order valence-electron chi connectivity index (χ0n) is 13.3. The van der Waals surface area contributed by atoms with Crippen molar-refractivity contribution in [1.29, 1.82) is 0 Å². The fraction of sp³-hybridized carbons (Fsp3) is 0.500. The quantitative estimate of drug-likeness (QED) is 0.624. The predicted octanol–water partition coefficient (Wildman–Crippen LogP) is 3.34. The molecule has 2 aromatic rings. The molecular formula is C18H25N3. The molecule has 1 N–H and O–H groups in total. The number of terminal acetylenes is 1. The standard InChI is InChI=1S/C18H25N3/c1-5-10-19-11-9-18-20-16-13-15(14(3)4)7-8-17(16)21(18)12-6-2/h2,7-8,13-14,19H,5,9-12H2,1,3-4H3. The molecule has 3 nitrogen and oxygen atoms in total. The van der Waals surface area contributed by atoms with Crippen LogP contribution in [0.2, 0.25) is 0 Å². The molecule has 21 heavy (non-hydrogen) atoms. The van der Waals surface area contributed by atoms with E-state index in [0.29, 0.717) is 12.5 Å². The van der Waals surface area contributed by atoms with Gasteiger partial charge in [0, 0.05) is 13.0 Å². The van der Waals surface area contributed by atoms with Gasteiger partial charge in [0.1, 0.15) is 5.82 Å². The van der Waals surface area contributed by atoms with Crippen molar-refractivity contribution in [1.82, 2.24) is 14.9 Å². The Balaban J connectivity index is 2.30. The zero-order chi connectivity index (χ0) is 15.2. The molecule has 1 aromatic carbocycles. The number of hydrogen-bond acceptors (Lipinski definition) is 2. The van der Waals surface area contributed by atoms with Crippen molar-refractivity contribution in [2.75, 3.05) is 13.1 Å². The van der Waals surface area contributed by atoms with Crippen LogP contribution in [0.25, 0.3) is 11.0 Å². The van der Waals surface area contributed by atoms with Gasteiger partial charge in [0.2, 0.25) is 0 Å². The average Bonchev–Trinajstić information content (AvgIpc) is 2.81. The lowest BCUT2D eigenvalue weighted by atomic mass is 10.0. The Kier molecular flexibility index (Phi) is 5.41. The summed E-state index contributed by atoms with van der Waals surface area (Å²) in [7, 11) is 0. The second kappa shape index (κ2) is 7.28. The third-order valence-electron chi connectivity index (χ3n) is 3.72. The van der Waals surface area contributed by atoms with E-state index in [1.165, 1.54) is 5.56 Å². The van der Waals surface area contributed by atoms with Crippen molar-refractivity contribution in [3.8, 4) is 12.3 Å². The average molecular weight is 283 g/mol. The highest BCUT2D eigenvalue weighted by atomic mass is 15.1. The number of fused-ring (bicyclic) bond motifs is 1. The summed E-state index contributed by atoms with van der Waals surface area (Å²) in [5.41, 5.74) is 3.52. The van der Waals surface area contributed by atoms with E-state index < -0.39 is 0 Å². The van der Waals surface area contributed by atoms with Crippen LogP contribution in [0.3, 0.4) is 0 Å². The maximum absolute atomic E-state index is 5.52. The molecule has 3 heteroatoms. The molecule has 112 valence electrons. The minimum atomic E-state index is 0.516. The van der Waals surface area contributed by atoms with Gasteiger partial charge < -0.3 is 9.88 Å². The number of nitrogens with zero attached hydrogens (tertiary/aromatic N) is 2. The van der Waals surface area contributed by atoms with Gasteiger partial charge in [-0.25, -0.2) is 4.98 Å². The Morgan fingerprint density at radius 2 is 2.14 bits per heavy atom. The van der Waals surface area contributed by atoms with Crippen molar-refractivity contribution in [3.05, 3.63) is 29.6 Å². The highest BCUT2D eigenvalue weighted by molar-refractivity contribution is 5.77. The molecule has 0 saturated carbocycles. The summed E-state index contributed by atoms with van der Waals surface area (Å²) in [5, 5.41) is 3.42. The van der Waals surface area contributed by atoms with E-state index in [9.17, 15) is 0 Å². The van der Waals surface area contributed by atoms with E-state index in [1.807, 2.05) is 0 Å². The summed E-state index contributed by atoms with van der Waals surface area (Å²) in [4.78, 5) is 4.80. The van der Waals surface area contributed by atoms with Gasteiger partial charge in [0.05, 0.1) is 17.6 Å². The van der Waals surface area contributed by atoms with Crippen LogP contribution in [0.5, 0.6) is 0 Å². The number of hydrogen-bond donors (Lipinski definition) is 1. The molecule has 0 atom stereocenters. The molecule has 1 aromatic heterocycles. The van der Waals surface area contributed by atoms with Crippen molar-refractivity contribution in [2.45, 2.75) is 46.1 Å². The fourth-order valence-corrected chi connectivity index (χ4v) is 2.52. The number of rotatable bonds is 7. The number of nitrogens with one attached hydrogen (secondary N) is 1. The smallest absolute Gasteiger partial charge is 0.111 e. The van der Waals surface area contributed by atoms with Crippen LogP contribution in [0.1, 0.15) is 44.5 Å². The minimum absolute atomic E-state index is 0.516. The molecular weight excluding hydrogens is 258 g/mol. The molecule has 0 bridgehead atoms. The summed E-state index contributed by atoms with van der Waals surface area (Å²) < 4.78 is 2.16. The first kappa shape index (κ1) is 15.6. The Morgan fingerprint density at radius 3 is 2.81 bits per heavy atom. The van der Waals surface area contributed by atoms with Crippen LogP contribution in [-0.2, 0) is 13.0 Å². The van der Waals surface area contributed by atoms with Crippen molar-refractivity contribution in [3.63, 3.8) is 0 Å². The molecule has 2 rings (SSSR count). The molecule has 1 heterocycles. The highest BCUT2D eigenvalue weighted by Crippen LogP contribution is 2.22. The Bertz CT molecular complexity index is 632. The Labute approximate surface area is 127 Å². The van der Waals surface area contributed by atoms with Crippen molar-refractivity contribution < 1.29 is 0 Å². The second-order valence-electron chi connectivity index (χ2n) is 5.72. The Morgan fingerprint density at radius 1 is 1.33 bits per heavy atom. The first-order valence-electron chi connectivity index (χ1n) is 7.80. The Hall–Kier alpha value is -1.79. The van der Waals surface area contributed by atoms with Crippen molar-refractivity contribution >= 4 is 11.0 Å². The number of benzene rings is 1. The minimum Gasteiger partial charge on any atom is -0.316 e. The van der Waals surface area contributed by atoms with Gasteiger partial charge in [-0.3, -0.25) is 0 Å². The highest BCUT2D eigenvalue weighted by Gasteiger charge is 2.11. The van der Waals surface area contributed by atoms with E-state index >= 15 is 0 Å². The molecule has 0 spiro atoms. The summed E-state index contributed by atoms with van der Waals surface area (Å²) in [6, 6.07) is 6.52. The van der Waals surface area contributed by atoms with Gasteiger partial charge >= 0.3 is 0 Å². The van der Waals surface area contributed by atoms with Gasteiger partial charge in [-0.1, -0.05) is 32.8 Å². The van der Waals surface area contributed by atoms with E-state index in [4.69, 9.17) is 11.4 Å². The predicted molar refractivity (Wildman–Crippen MR) is 89.5 cm³/mol. The molecule has 0 fully saturated rings. The first-order chi connectivity index (χ1) is 10.2. The van der Waals surface area contributed by atoms with E-state index in [1.54, 1.807) is 0 Å². The third-order valence-corrected chi connectivity index (χ3v) is 3.72. The van der Waals surface area contributed by atoms with Crippen LogP contribution >= 0.6 is 0 Å². The zero-order valence-corrected chi connectivity index (χ0v) is 13.3. The normalized spacial score (nSPS) is 11.2. The summed E-state index contributed by atoms with van der Waals surface area (Å²) >= 11 is 0. The lowest BCUT2D eigenvalue weighted by Gasteiger charge is -2.07. The molecule has 0 saturated heterocycles. The van der Waals surface area contributed by atoms with Crippen molar-refractivity contribution in [2.24, 2.45) is 0 Å². The maximum Gasteiger partial charge on any atom is 0.111 e. The second-order valence-corrected chi connectivity index (χ2v) is 5.72. The first-order valence-corrected chi connectivity index (χ1v) is 7.80. The third kappa shape index (κ3) is 3.65. The van der Waals surface area contributed by atoms with Crippen LogP contribution in [0, 0.1) is 12.3 Å². The van der Waals surface area contributed by atoms with E-state index in [2.05, 4.69) is 54.8 Å². The molecule has 0 radical (unpaired) electrons. The molecule has 0 aliphatic carbocycles. The van der Waals surface area contributed by atoms with Gasteiger partial charge in [-0.05, 0) is 36.6 Å². The topological polar surface area (TPSA) is 29.9 Å². The van der Waals surface area contributed by atoms with E-state index in [-0.39, 0.29) is 0 Å². The number of imidazole rings is 1. The fourth-order valence-electron chi connectivity index (χ4n) is 2.52. The van der Waals surface area contributed by atoms with Gasteiger partial charge in [-0.2, -0.15) is 0 Å². The molecule has 0 amide bonds. The maximum atomic E-state index is 5.52. The number of aromatic nitrogens is 2. The SMILES string of the molecule is C#CCn1c(CCNCCC)nc2cc(C(C)C)ccc21. The summed E-state index contributed by atoms with van der Waals surface area (Å²) in [6.45, 7) is 9.16. The van der Waals surface area contributed by atoms with Crippen LogP contribution in [0.15, 0.2) is 18.2 Å². The summed E-state index contributed by atoms with van der Waals surface area (Å²) in [5.74, 6) is 4.34. The molecule has 0 unspecified atom stereocenters.